The highest BCUT2D eigenvalue weighted by Crippen LogP contribution is 2.29. The topological polar surface area (TPSA) is 61.7 Å². The first-order chi connectivity index (χ1) is 9.07. The maximum atomic E-state index is 10.5. The van der Waals surface area contributed by atoms with Crippen molar-refractivity contribution >= 4 is 0 Å². The van der Waals surface area contributed by atoms with Crippen molar-refractivity contribution in [2.24, 2.45) is 0 Å². The Balaban J connectivity index is 2.02. The van der Waals surface area contributed by atoms with Crippen LogP contribution in [0.2, 0.25) is 0 Å². The van der Waals surface area contributed by atoms with Gasteiger partial charge in [0.25, 0.3) is 0 Å². The molecule has 0 aliphatic carbocycles. The Morgan fingerprint density at radius 1 is 1.47 bits per heavy atom. The average Bonchev–Trinajstić information content (AvgIpc) is 2.73. The van der Waals surface area contributed by atoms with Gasteiger partial charge < -0.3 is 20.3 Å². The zero-order valence-electron chi connectivity index (χ0n) is 11.6. The molecule has 4 nitrogen and oxygen atoms in total. The number of benzene rings is 1. The van der Waals surface area contributed by atoms with Crippen LogP contribution < -0.4 is 5.32 Å². The van der Waals surface area contributed by atoms with Crippen molar-refractivity contribution in [3.63, 3.8) is 0 Å². The largest absolute Gasteiger partial charge is 0.508 e. The van der Waals surface area contributed by atoms with E-state index in [0.717, 1.165) is 12.0 Å². The lowest BCUT2D eigenvalue weighted by Gasteiger charge is -2.29. The van der Waals surface area contributed by atoms with Crippen LogP contribution in [0, 0.1) is 0 Å². The molecule has 0 bridgehead atoms. The van der Waals surface area contributed by atoms with Crippen LogP contribution in [-0.4, -0.2) is 35.1 Å². The number of nitrogens with one attached hydrogen (secondary N) is 1. The van der Waals surface area contributed by atoms with Gasteiger partial charge in [-0.1, -0.05) is 25.1 Å². The summed E-state index contributed by atoms with van der Waals surface area (Å²) in [6.07, 6.45) is 1.35. The molecule has 3 unspecified atom stereocenters. The number of hydrogen-bond acceptors (Lipinski definition) is 4. The SMILES string of the molecule is CCC(NCC1(O)CCOC1C)c1ccccc1O. The summed E-state index contributed by atoms with van der Waals surface area (Å²) >= 11 is 0. The molecule has 0 spiro atoms. The Bertz CT molecular complexity index is 424. The minimum atomic E-state index is -0.808. The van der Waals surface area contributed by atoms with E-state index >= 15 is 0 Å². The molecule has 1 aromatic carbocycles. The fraction of sp³-hybridized carbons (Fsp3) is 0.600. The second-order valence-electron chi connectivity index (χ2n) is 5.27. The van der Waals surface area contributed by atoms with Crippen molar-refractivity contribution < 1.29 is 14.9 Å². The molecule has 1 aliphatic rings. The van der Waals surface area contributed by atoms with Gasteiger partial charge in [-0.15, -0.1) is 0 Å². The third-order valence-electron chi connectivity index (χ3n) is 4.03. The predicted octanol–water partition coefficient (Wildman–Crippen LogP) is 1.97. The van der Waals surface area contributed by atoms with Crippen LogP contribution in [0.15, 0.2) is 24.3 Å². The molecule has 1 fully saturated rings. The Morgan fingerprint density at radius 3 is 2.79 bits per heavy atom. The monoisotopic (exact) mass is 265 g/mol. The van der Waals surface area contributed by atoms with E-state index in [1.54, 1.807) is 6.07 Å². The van der Waals surface area contributed by atoms with Crippen molar-refractivity contribution in [3.05, 3.63) is 29.8 Å². The summed E-state index contributed by atoms with van der Waals surface area (Å²) in [5.41, 5.74) is 0.0674. The van der Waals surface area contributed by atoms with Gasteiger partial charge in [-0.05, 0) is 19.4 Å². The van der Waals surface area contributed by atoms with E-state index in [1.165, 1.54) is 0 Å². The van der Waals surface area contributed by atoms with Gasteiger partial charge in [0.05, 0.1) is 6.10 Å². The fourth-order valence-corrected chi connectivity index (χ4v) is 2.56. The van der Waals surface area contributed by atoms with Crippen molar-refractivity contribution in [2.75, 3.05) is 13.2 Å². The highest BCUT2D eigenvalue weighted by atomic mass is 16.5. The van der Waals surface area contributed by atoms with E-state index in [2.05, 4.69) is 12.2 Å². The van der Waals surface area contributed by atoms with Gasteiger partial charge in [0.1, 0.15) is 11.4 Å². The summed E-state index contributed by atoms with van der Waals surface area (Å²) in [5.74, 6) is 0.296. The van der Waals surface area contributed by atoms with Crippen LogP contribution in [0.5, 0.6) is 5.75 Å². The maximum absolute atomic E-state index is 10.5. The number of hydrogen-bond donors (Lipinski definition) is 3. The van der Waals surface area contributed by atoms with Crippen LogP contribution in [0.3, 0.4) is 0 Å². The van der Waals surface area contributed by atoms with Crippen LogP contribution in [0.1, 0.15) is 38.3 Å². The summed E-state index contributed by atoms with van der Waals surface area (Å²) in [7, 11) is 0. The van der Waals surface area contributed by atoms with E-state index < -0.39 is 5.60 Å². The smallest absolute Gasteiger partial charge is 0.120 e. The maximum Gasteiger partial charge on any atom is 0.120 e. The quantitative estimate of drug-likeness (QED) is 0.762. The third-order valence-corrected chi connectivity index (χ3v) is 4.03. The van der Waals surface area contributed by atoms with Crippen molar-refractivity contribution in [1.29, 1.82) is 0 Å². The molecule has 0 saturated carbocycles. The van der Waals surface area contributed by atoms with Gasteiger partial charge in [-0.3, -0.25) is 0 Å². The standard InChI is InChI=1S/C15H23NO3/c1-3-13(12-6-4-5-7-14(12)17)16-10-15(18)8-9-19-11(15)2/h4-7,11,13,16-18H,3,8-10H2,1-2H3. The summed E-state index contributed by atoms with van der Waals surface area (Å²) in [4.78, 5) is 0. The summed E-state index contributed by atoms with van der Waals surface area (Å²) in [6, 6.07) is 7.37. The van der Waals surface area contributed by atoms with Gasteiger partial charge in [-0.25, -0.2) is 0 Å². The lowest BCUT2D eigenvalue weighted by Crippen LogP contribution is -2.46. The van der Waals surface area contributed by atoms with Crippen LogP contribution in [0.4, 0.5) is 0 Å². The van der Waals surface area contributed by atoms with Crippen molar-refractivity contribution in [3.8, 4) is 5.75 Å². The number of phenolic OH excluding ortho intramolecular Hbond substituents is 1. The first-order valence-electron chi connectivity index (χ1n) is 6.92. The second kappa shape index (κ2) is 5.90. The molecule has 1 saturated heterocycles. The zero-order chi connectivity index (χ0) is 13.9. The molecular formula is C15H23NO3. The van der Waals surface area contributed by atoms with Crippen molar-refractivity contribution in [2.45, 2.75) is 44.4 Å². The molecule has 106 valence electrons. The lowest BCUT2D eigenvalue weighted by atomic mass is 9.95. The molecule has 3 N–H and O–H groups in total. The van der Waals surface area contributed by atoms with Gasteiger partial charge >= 0.3 is 0 Å². The van der Waals surface area contributed by atoms with Crippen LogP contribution in [0.25, 0.3) is 0 Å². The van der Waals surface area contributed by atoms with E-state index in [-0.39, 0.29) is 12.1 Å². The number of para-hydroxylation sites is 1. The highest BCUT2D eigenvalue weighted by molar-refractivity contribution is 5.34. The molecule has 1 aromatic rings. The normalized spacial score (nSPS) is 28.5. The fourth-order valence-electron chi connectivity index (χ4n) is 2.56. The zero-order valence-corrected chi connectivity index (χ0v) is 11.6. The molecule has 3 atom stereocenters. The van der Waals surface area contributed by atoms with Crippen molar-refractivity contribution in [1.82, 2.24) is 5.32 Å². The number of ether oxygens (including phenoxy) is 1. The molecule has 0 amide bonds. The van der Waals surface area contributed by atoms with Crippen LogP contribution >= 0.6 is 0 Å². The first-order valence-corrected chi connectivity index (χ1v) is 6.92. The van der Waals surface area contributed by atoms with E-state index in [1.807, 2.05) is 25.1 Å². The van der Waals surface area contributed by atoms with E-state index in [4.69, 9.17) is 4.74 Å². The van der Waals surface area contributed by atoms with E-state index in [9.17, 15) is 10.2 Å². The molecule has 0 radical (unpaired) electrons. The molecule has 0 aromatic heterocycles. The number of rotatable bonds is 5. The summed E-state index contributed by atoms with van der Waals surface area (Å²) in [5, 5.41) is 23.7. The molecular weight excluding hydrogens is 242 g/mol. The number of aromatic hydroxyl groups is 1. The first kappa shape index (κ1) is 14.3. The highest BCUT2D eigenvalue weighted by Gasteiger charge is 2.39. The Labute approximate surface area is 114 Å². The molecule has 4 heteroatoms. The predicted molar refractivity (Wildman–Crippen MR) is 74.1 cm³/mol. The Kier molecular flexibility index (Phi) is 4.45. The minimum Gasteiger partial charge on any atom is -0.508 e. The van der Waals surface area contributed by atoms with E-state index in [0.29, 0.717) is 25.3 Å². The minimum absolute atomic E-state index is 0.0398. The Morgan fingerprint density at radius 2 is 2.21 bits per heavy atom. The average molecular weight is 265 g/mol. The molecule has 19 heavy (non-hydrogen) atoms. The summed E-state index contributed by atoms with van der Waals surface area (Å²) in [6.45, 7) is 5.03. The van der Waals surface area contributed by atoms with Gasteiger partial charge in [-0.2, -0.15) is 0 Å². The number of aliphatic hydroxyl groups is 1. The van der Waals surface area contributed by atoms with Gasteiger partial charge in [0, 0.05) is 31.2 Å². The molecule has 1 aliphatic heterocycles. The van der Waals surface area contributed by atoms with Crippen LogP contribution in [-0.2, 0) is 4.74 Å². The molecule has 1 heterocycles. The second-order valence-corrected chi connectivity index (χ2v) is 5.27. The van der Waals surface area contributed by atoms with Gasteiger partial charge in [0.15, 0.2) is 0 Å². The molecule has 2 rings (SSSR count). The lowest BCUT2D eigenvalue weighted by molar-refractivity contribution is -0.0278. The Hall–Kier alpha value is -1.10. The third kappa shape index (κ3) is 3.08. The number of phenols is 1. The summed E-state index contributed by atoms with van der Waals surface area (Å²) < 4.78 is 5.42. The van der Waals surface area contributed by atoms with Gasteiger partial charge in [0.2, 0.25) is 0 Å².